The van der Waals surface area contributed by atoms with Crippen molar-refractivity contribution in [2.45, 2.75) is 45.8 Å². The fourth-order valence-corrected chi connectivity index (χ4v) is 2.67. The van der Waals surface area contributed by atoms with Crippen LogP contribution < -0.4 is 4.74 Å². The first-order chi connectivity index (χ1) is 9.54. The number of hydrogen-bond donors (Lipinski definition) is 1. The third-order valence-electron chi connectivity index (χ3n) is 3.32. The maximum atomic E-state index is 10.7. The molecule has 0 fully saturated rings. The number of carboxylic acids is 1. The van der Waals surface area contributed by atoms with E-state index in [1.165, 1.54) is 0 Å². The Bertz CT molecular complexity index is 518. The number of hydrogen-bond acceptors (Lipinski definition) is 4. The van der Waals surface area contributed by atoms with Crippen LogP contribution in [0.1, 0.15) is 49.1 Å². The van der Waals surface area contributed by atoms with Crippen LogP contribution in [-0.2, 0) is 16.1 Å². The molecule has 5 nitrogen and oxygen atoms in total. The van der Waals surface area contributed by atoms with Crippen molar-refractivity contribution >= 4 is 17.6 Å². The van der Waals surface area contributed by atoms with Crippen molar-refractivity contribution in [1.29, 1.82) is 0 Å². The topological polar surface area (TPSA) is 68.7 Å². The van der Waals surface area contributed by atoms with E-state index in [1.807, 2.05) is 0 Å². The van der Waals surface area contributed by atoms with E-state index >= 15 is 0 Å². The molecule has 2 rings (SSSR count). The van der Waals surface area contributed by atoms with Gasteiger partial charge in [-0.25, -0.2) is 9.78 Å². The third-order valence-corrected chi connectivity index (χ3v) is 3.64. The molecule has 0 radical (unpaired) electrons. The van der Waals surface area contributed by atoms with E-state index in [1.54, 1.807) is 6.92 Å². The fourth-order valence-electron chi connectivity index (χ4n) is 2.39. The molecule has 0 aliphatic carbocycles. The zero-order valence-electron chi connectivity index (χ0n) is 11.6. The van der Waals surface area contributed by atoms with E-state index in [0.717, 1.165) is 30.4 Å². The van der Waals surface area contributed by atoms with Crippen molar-refractivity contribution < 1.29 is 19.4 Å². The number of rotatable bonds is 6. The summed E-state index contributed by atoms with van der Waals surface area (Å²) < 4.78 is 11.2. The molecule has 1 aromatic heterocycles. The summed E-state index contributed by atoms with van der Waals surface area (Å²) in [4.78, 5) is 14.9. The van der Waals surface area contributed by atoms with Crippen LogP contribution >= 0.6 is 11.6 Å². The molecule has 20 heavy (non-hydrogen) atoms. The summed E-state index contributed by atoms with van der Waals surface area (Å²) in [5.74, 6) is -0.512. The molecule has 0 bridgehead atoms. The van der Waals surface area contributed by atoms with Gasteiger partial charge in [0.15, 0.2) is 6.61 Å². The first-order valence-corrected chi connectivity index (χ1v) is 7.07. The quantitative estimate of drug-likeness (QED) is 0.816. The fraction of sp³-hybridized carbons (Fsp3) is 0.571. The van der Waals surface area contributed by atoms with Crippen molar-refractivity contribution in [3.8, 4) is 5.75 Å². The molecule has 0 amide bonds. The average molecular weight is 300 g/mol. The Labute approximate surface area is 122 Å². The number of aromatic nitrogens is 1. The second-order valence-electron chi connectivity index (χ2n) is 4.83. The summed E-state index contributed by atoms with van der Waals surface area (Å²) in [6.45, 7) is 3.89. The standard InChI is InChI=1S/C14H18ClNO4/c1-3-4-5-10-12-9(6-19-10)14(15)16-8(2)13(12)20-7-11(17)18/h10H,3-7H2,1-2H3,(H,17,18). The van der Waals surface area contributed by atoms with Crippen LogP contribution in [0.2, 0.25) is 5.15 Å². The lowest BCUT2D eigenvalue weighted by molar-refractivity contribution is -0.139. The Morgan fingerprint density at radius 3 is 3.00 bits per heavy atom. The van der Waals surface area contributed by atoms with E-state index < -0.39 is 12.6 Å². The monoisotopic (exact) mass is 299 g/mol. The second kappa shape index (κ2) is 6.41. The zero-order valence-corrected chi connectivity index (χ0v) is 12.4. The van der Waals surface area contributed by atoms with Crippen LogP contribution in [-0.4, -0.2) is 22.7 Å². The molecule has 110 valence electrons. The summed E-state index contributed by atoms with van der Waals surface area (Å²) in [6, 6.07) is 0. The van der Waals surface area contributed by atoms with E-state index in [9.17, 15) is 4.79 Å². The van der Waals surface area contributed by atoms with Gasteiger partial charge < -0.3 is 14.6 Å². The lowest BCUT2D eigenvalue weighted by Gasteiger charge is -2.16. The number of unbranched alkanes of at least 4 members (excludes halogenated alkanes) is 1. The SMILES string of the molecule is CCCCC1OCc2c(Cl)nc(C)c(OCC(=O)O)c21. The minimum absolute atomic E-state index is 0.0899. The van der Waals surface area contributed by atoms with Crippen molar-refractivity contribution in [2.75, 3.05) is 6.61 Å². The molecule has 1 aliphatic rings. The second-order valence-corrected chi connectivity index (χ2v) is 5.19. The highest BCUT2D eigenvalue weighted by atomic mass is 35.5. The highest BCUT2D eigenvalue weighted by molar-refractivity contribution is 6.30. The van der Waals surface area contributed by atoms with Crippen molar-refractivity contribution in [3.63, 3.8) is 0 Å². The zero-order chi connectivity index (χ0) is 14.7. The first kappa shape index (κ1) is 15.1. The number of carboxylic acid groups (broad SMARTS) is 1. The van der Waals surface area contributed by atoms with Gasteiger partial charge in [0.1, 0.15) is 10.9 Å². The lowest BCUT2D eigenvalue weighted by Crippen LogP contribution is -2.13. The van der Waals surface area contributed by atoms with Crippen molar-refractivity contribution in [1.82, 2.24) is 4.98 Å². The van der Waals surface area contributed by atoms with Gasteiger partial charge >= 0.3 is 5.97 Å². The smallest absolute Gasteiger partial charge is 0.341 e. The number of aryl methyl sites for hydroxylation is 1. The molecule has 0 spiro atoms. The molecular formula is C14H18ClNO4. The van der Waals surface area contributed by atoms with Crippen LogP contribution in [0.5, 0.6) is 5.75 Å². The summed E-state index contributed by atoms with van der Waals surface area (Å²) in [6.07, 6.45) is 2.87. The maximum absolute atomic E-state index is 10.7. The van der Waals surface area contributed by atoms with E-state index in [2.05, 4.69) is 11.9 Å². The van der Waals surface area contributed by atoms with Gasteiger partial charge in [-0.1, -0.05) is 31.4 Å². The molecule has 0 saturated heterocycles. The van der Waals surface area contributed by atoms with Gasteiger partial charge in [-0.2, -0.15) is 0 Å². The highest BCUT2D eigenvalue weighted by Crippen LogP contribution is 2.43. The minimum atomic E-state index is -1.02. The third kappa shape index (κ3) is 3.04. The number of ether oxygens (including phenoxy) is 2. The summed E-state index contributed by atoms with van der Waals surface area (Å²) in [5.41, 5.74) is 2.29. The van der Waals surface area contributed by atoms with Gasteiger partial charge in [0.05, 0.1) is 18.4 Å². The molecule has 6 heteroatoms. The largest absolute Gasteiger partial charge is 0.480 e. The predicted octanol–water partition coefficient (Wildman–Crippen LogP) is 3.27. The van der Waals surface area contributed by atoms with E-state index in [0.29, 0.717) is 23.2 Å². The number of fused-ring (bicyclic) bond motifs is 1. The van der Waals surface area contributed by atoms with E-state index in [-0.39, 0.29) is 6.10 Å². The number of pyridine rings is 1. The lowest BCUT2D eigenvalue weighted by atomic mass is 10.0. The Kier molecular flexibility index (Phi) is 4.83. The number of halogens is 1. The molecule has 1 N–H and O–H groups in total. The summed E-state index contributed by atoms with van der Waals surface area (Å²) >= 11 is 6.15. The number of carbonyl (C=O) groups is 1. The number of nitrogens with zero attached hydrogens (tertiary/aromatic N) is 1. The van der Waals surface area contributed by atoms with Crippen LogP contribution in [0.15, 0.2) is 0 Å². The molecule has 0 aromatic carbocycles. The van der Waals surface area contributed by atoms with Crippen molar-refractivity contribution in [3.05, 3.63) is 22.0 Å². The Morgan fingerprint density at radius 2 is 2.35 bits per heavy atom. The van der Waals surface area contributed by atoms with Crippen molar-refractivity contribution in [2.24, 2.45) is 0 Å². The Hall–Kier alpha value is -1.33. The van der Waals surface area contributed by atoms with Crippen LogP contribution in [0, 0.1) is 6.92 Å². The molecule has 2 heterocycles. The first-order valence-electron chi connectivity index (χ1n) is 6.69. The highest BCUT2D eigenvalue weighted by Gasteiger charge is 2.31. The normalized spacial score (nSPS) is 17.1. The molecule has 1 aromatic rings. The average Bonchev–Trinajstić information content (AvgIpc) is 2.80. The van der Waals surface area contributed by atoms with Crippen LogP contribution in [0.4, 0.5) is 0 Å². The van der Waals surface area contributed by atoms with Crippen LogP contribution in [0.3, 0.4) is 0 Å². The van der Waals surface area contributed by atoms with Gasteiger partial charge in [0.2, 0.25) is 0 Å². The Morgan fingerprint density at radius 1 is 1.60 bits per heavy atom. The van der Waals surface area contributed by atoms with E-state index in [4.69, 9.17) is 26.2 Å². The molecule has 0 saturated carbocycles. The van der Waals surface area contributed by atoms with Gasteiger partial charge in [-0.05, 0) is 13.3 Å². The van der Waals surface area contributed by atoms with Gasteiger partial charge in [-0.3, -0.25) is 0 Å². The summed E-state index contributed by atoms with van der Waals surface area (Å²) in [7, 11) is 0. The molecular weight excluding hydrogens is 282 g/mol. The Balaban J connectivity index is 2.35. The van der Waals surface area contributed by atoms with Gasteiger partial charge in [0, 0.05) is 11.1 Å². The molecule has 1 unspecified atom stereocenters. The van der Waals surface area contributed by atoms with Crippen LogP contribution in [0.25, 0.3) is 0 Å². The molecule has 1 atom stereocenters. The molecule has 1 aliphatic heterocycles. The number of aliphatic carboxylic acids is 1. The maximum Gasteiger partial charge on any atom is 0.341 e. The van der Waals surface area contributed by atoms with Gasteiger partial charge in [-0.15, -0.1) is 0 Å². The predicted molar refractivity (Wildman–Crippen MR) is 74.2 cm³/mol. The summed E-state index contributed by atoms with van der Waals surface area (Å²) in [5, 5.41) is 9.19. The van der Waals surface area contributed by atoms with Gasteiger partial charge in [0.25, 0.3) is 0 Å². The minimum Gasteiger partial charge on any atom is -0.480 e.